The Hall–Kier alpha value is -2.56. The van der Waals surface area contributed by atoms with Gasteiger partial charge in [0.2, 0.25) is 5.78 Å². The van der Waals surface area contributed by atoms with E-state index in [1.54, 1.807) is 45.0 Å². The van der Waals surface area contributed by atoms with Gasteiger partial charge in [0.1, 0.15) is 5.60 Å². The molecule has 0 aliphatic rings. The molecule has 0 spiro atoms. The van der Waals surface area contributed by atoms with Crippen molar-refractivity contribution < 1.29 is 18.7 Å². The summed E-state index contributed by atoms with van der Waals surface area (Å²) >= 11 is 0. The number of carbonyl (C=O) groups excluding carboxylic acids is 2. The molecule has 0 radical (unpaired) electrons. The van der Waals surface area contributed by atoms with E-state index in [1.165, 1.54) is 12.3 Å². The number of rotatable bonds is 3. The summed E-state index contributed by atoms with van der Waals surface area (Å²) in [6, 6.07) is 10.2. The lowest BCUT2D eigenvalue weighted by Crippen LogP contribution is -2.27. The minimum Gasteiger partial charge on any atom is -0.459 e. The van der Waals surface area contributed by atoms with E-state index in [0.717, 1.165) is 0 Å². The Kier molecular flexibility index (Phi) is 4.12. The van der Waals surface area contributed by atoms with Crippen molar-refractivity contribution in [2.75, 3.05) is 5.32 Å². The van der Waals surface area contributed by atoms with Gasteiger partial charge in [0, 0.05) is 11.6 Å². The number of amides is 1. The summed E-state index contributed by atoms with van der Waals surface area (Å²) in [6.07, 6.45) is 0.717. The summed E-state index contributed by atoms with van der Waals surface area (Å²) in [7, 11) is 0. The van der Waals surface area contributed by atoms with Gasteiger partial charge in [-0.2, -0.15) is 0 Å². The highest BCUT2D eigenvalue weighted by atomic mass is 16.6. The lowest BCUT2D eigenvalue weighted by Gasteiger charge is -2.19. The first-order valence-corrected chi connectivity index (χ1v) is 6.54. The summed E-state index contributed by atoms with van der Waals surface area (Å²) in [6.45, 7) is 5.29. The van der Waals surface area contributed by atoms with Crippen molar-refractivity contribution in [1.82, 2.24) is 0 Å². The summed E-state index contributed by atoms with van der Waals surface area (Å²) in [5.74, 6) is -0.223. The second-order valence-corrected chi connectivity index (χ2v) is 5.49. The number of benzene rings is 1. The third-order valence-electron chi connectivity index (χ3n) is 2.54. The van der Waals surface area contributed by atoms with Crippen LogP contribution in [-0.4, -0.2) is 17.5 Å². The second-order valence-electron chi connectivity index (χ2n) is 5.49. The van der Waals surface area contributed by atoms with Crippen molar-refractivity contribution in [2.24, 2.45) is 0 Å². The fraction of sp³-hybridized carbons (Fsp3) is 0.250. The quantitative estimate of drug-likeness (QED) is 0.870. The largest absolute Gasteiger partial charge is 0.459 e. The van der Waals surface area contributed by atoms with E-state index in [1.807, 2.05) is 6.07 Å². The van der Waals surface area contributed by atoms with Crippen LogP contribution >= 0.6 is 0 Å². The summed E-state index contributed by atoms with van der Waals surface area (Å²) in [5.41, 5.74) is 0.162. The maximum atomic E-state index is 12.3. The summed E-state index contributed by atoms with van der Waals surface area (Å²) in [5, 5.41) is 2.52. The van der Waals surface area contributed by atoms with Crippen LogP contribution in [0.5, 0.6) is 0 Å². The molecule has 0 aliphatic heterocycles. The first-order chi connectivity index (χ1) is 9.87. The molecule has 5 nitrogen and oxygen atoms in total. The van der Waals surface area contributed by atoms with Crippen LogP contribution in [0.25, 0.3) is 0 Å². The Bertz CT molecular complexity index is 638. The normalized spacial score (nSPS) is 11.0. The Morgan fingerprint density at radius 1 is 1.10 bits per heavy atom. The maximum Gasteiger partial charge on any atom is 0.412 e. The standard InChI is InChI=1S/C16H17NO4/c1-16(2,3)21-15(19)17-12-9-10-20-14(12)13(18)11-7-5-4-6-8-11/h4-10H,1-3H3,(H,17,19). The number of ketones is 1. The highest BCUT2D eigenvalue weighted by Gasteiger charge is 2.21. The van der Waals surface area contributed by atoms with Crippen molar-refractivity contribution in [2.45, 2.75) is 26.4 Å². The number of furan rings is 1. The zero-order valence-electron chi connectivity index (χ0n) is 12.2. The molecule has 0 atom stereocenters. The minimum absolute atomic E-state index is 0.0760. The minimum atomic E-state index is -0.633. The van der Waals surface area contributed by atoms with Gasteiger partial charge in [-0.3, -0.25) is 10.1 Å². The van der Waals surface area contributed by atoms with Crippen LogP contribution in [0.15, 0.2) is 47.1 Å². The third-order valence-corrected chi connectivity index (χ3v) is 2.54. The average Bonchev–Trinajstić information content (AvgIpc) is 2.84. The Labute approximate surface area is 122 Å². The fourth-order valence-electron chi connectivity index (χ4n) is 1.72. The topological polar surface area (TPSA) is 68.5 Å². The van der Waals surface area contributed by atoms with Crippen molar-refractivity contribution in [3.05, 3.63) is 54.0 Å². The second kappa shape index (κ2) is 5.83. The maximum absolute atomic E-state index is 12.3. The van der Waals surface area contributed by atoms with Gasteiger partial charge in [0.15, 0.2) is 5.76 Å². The predicted octanol–water partition coefficient (Wildman–Crippen LogP) is 3.86. The number of ether oxygens (including phenoxy) is 1. The van der Waals surface area contributed by atoms with E-state index in [4.69, 9.17) is 9.15 Å². The van der Waals surface area contributed by atoms with Crippen LogP contribution < -0.4 is 5.32 Å². The first-order valence-electron chi connectivity index (χ1n) is 6.54. The number of carbonyl (C=O) groups is 2. The van der Waals surface area contributed by atoms with Crippen LogP contribution in [-0.2, 0) is 4.74 Å². The van der Waals surface area contributed by atoms with Crippen LogP contribution in [0.3, 0.4) is 0 Å². The van der Waals surface area contributed by atoms with E-state index >= 15 is 0 Å². The van der Waals surface area contributed by atoms with Gasteiger partial charge in [-0.05, 0) is 20.8 Å². The molecule has 2 aromatic rings. The number of nitrogens with one attached hydrogen (secondary N) is 1. The molecule has 0 saturated heterocycles. The number of hydrogen-bond donors (Lipinski definition) is 1. The van der Waals surface area contributed by atoms with E-state index < -0.39 is 11.7 Å². The molecule has 1 amide bonds. The van der Waals surface area contributed by atoms with Gasteiger partial charge in [-0.25, -0.2) is 4.79 Å². The molecule has 1 heterocycles. The van der Waals surface area contributed by atoms with Crippen molar-refractivity contribution in [3.63, 3.8) is 0 Å². The highest BCUT2D eigenvalue weighted by molar-refractivity contribution is 6.11. The van der Waals surface area contributed by atoms with E-state index in [9.17, 15) is 9.59 Å². The van der Waals surface area contributed by atoms with Crippen molar-refractivity contribution in [1.29, 1.82) is 0 Å². The zero-order valence-corrected chi connectivity index (χ0v) is 12.2. The molecule has 0 unspecified atom stereocenters. The lowest BCUT2D eigenvalue weighted by molar-refractivity contribution is 0.0635. The van der Waals surface area contributed by atoms with Crippen LogP contribution in [0.1, 0.15) is 36.9 Å². The molecule has 21 heavy (non-hydrogen) atoms. The molecule has 110 valence electrons. The third kappa shape index (κ3) is 3.95. The smallest absolute Gasteiger partial charge is 0.412 e. The van der Waals surface area contributed by atoms with Crippen LogP contribution in [0.2, 0.25) is 0 Å². The molecule has 5 heteroatoms. The van der Waals surface area contributed by atoms with E-state index in [2.05, 4.69) is 5.32 Å². The van der Waals surface area contributed by atoms with Gasteiger partial charge in [-0.1, -0.05) is 30.3 Å². The average molecular weight is 287 g/mol. The van der Waals surface area contributed by atoms with Crippen molar-refractivity contribution >= 4 is 17.6 Å². The van der Waals surface area contributed by atoms with E-state index in [-0.39, 0.29) is 17.2 Å². The van der Waals surface area contributed by atoms with Gasteiger partial charge in [-0.15, -0.1) is 0 Å². The molecular weight excluding hydrogens is 270 g/mol. The zero-order chi connectivity index (χ0) is 15.5. The van der Waals surface area contributed by atoms with Gasteiger partial charge >= 0.3 is 6.09 Å². The molecule has 0 fully saturated rings. The highest BCUT2D eigenvalue weighted by Crippen LogP contribution is 2.21. The van der Waals surface area contributed by atoms with Crippen LogP contribution in [0, 0.1) is 0 Å². The predicted molar refractivity (Wildman–Crippen MR) is 78.4 cm³/mol. The van der Waals surface area contributed by atoms with E-state index in [0.29, 0.717) is 5.56 Å². The van der Waals surface area contributed by atoms with Gasteiger partial charge in [0.05, 0.1) is 12.0 Å². The lowest BCUT2D eigenvalue weighted by atomic mass is 10.1. The summed E-state index contributed by atoms with van der Waals surface area (Å²) < 4.78 is 10.3. The number of hydrogen-bond acceptors (Lipinski definition) is 4. The fourth-order valence-corrected chi connectivity index (χ4v) is 1.72. The number of anilines is 1. The SMILES string of the molecule is CC(C)(C)OC(=O)Nc1ccoc1C(=O)c1ccccc1. The molecule has 0 saturated carbocycles. The molecule has 0 bridgehead atoms. The molecule has 1 aromatic carbocycles. The van der Waals surface area contributed by atoms with Gasteiger partial charge in [0.25, 0.3) is 0 Å². The van der Waals surface area contributed by atoms with Crippen LogP contribution in [0.4, 0.5) is 10.5 Å². The first kappa shape index (κ1) is 14.8. The Morgan fingerprint density at radius 3 is 2.38 bits per heavy atom. The Balaban J connectivity index is 2.16. The van der Waals surface area contributed by atoms with Crippen molar-refractivity contribution in [3.8, 4) is 0 Å². The molecule has 1 N–H and O–H groups in total. The van der Waals surface area contributed by atoms with Gasteiger partial charge < -0.3 is 9.15 Å². The molecule has 0 aliphatic carbocycles. The summed E-state index contributed by atoms with van der Waals surface area (Å²) in [4.78, 5) is 24.1. The monoisotopic (exact) mass is 287 g/mol. The molecule has 2 rings (SSSR count). The Morgan fingerprint density at radius 2 is 1.76 bits per heavy atom. The molecular formula is C16H17NO4. The molecule has 1 aromatic heterocycles.